The minimum Gasteiger partial charge on any atom is -0.508 e. The zero-order valence-corrected chi connectivity index (χ0v) is 18.4. The predicted molar refractivity (Wildman–Crippen MR) is 128 cm³/mol. The molecule has 0 atom stereocenters. The molecule has 0 aliphatic rings. The van der Waals surface area contributed by atoms with Gasteiger partial charge in [0.25, 0.3) is 11.5 Å². The normalized spacial score (nSPS) is 11.2. The average Bonchev–Trinajstić information content (AvgIpc) is 2.80. The first-order valence-electron chi connectivity index (χ1n) is 9.98. The molecule has 33 heavy (non-hydrogen) atoms. The minimum atomic E-state index is -0.410. The zero-order chi connectivity index (χ0) is 23.4. The van der Waals surface area contributed by atoms with Gasteiger partial charge in [-0.15, -0.1) is 0 Å². The third-order valence-electron chi connectivity index (χ3n) is 4.78. The molecule has 0 aliphatic carbocycles. The number of phenols is 2. The largest absolute Gasteiger partial charge is 0.508 e. The fraction of sp³-hybridized carbons (Fsp3) is 0.0833. The van der Waals surface area contributed by atoms with Crippen LogP contribution in [0.3, 0.4) is 0 Å². The van der Waals surface area contributed by atoms with Gasteiger partial charge in [-0.2, -0.15) is 5.10 Å². The van der Waals surface area contributed by atoms with Crippen LogP contribution < -0.4 is 11.0 Å². The van der Waals surface area contributed by atoms with Gasteiger partial charge < -0.3 is 10.2 Å². The Hall–Kier alpha value is -4.11. The Bertz CT molecular complexity index is 1410. The molecule has 0 saturated carbocycles. The van der Waals surface area contributed by atoms with Gasteiger partial charge in [0.1, 0.15) is 11.5 Å². The number of hydrazone groups is 1. The van der Waals surface area contributed by atoms with E-state index in [1.807, 2.05) is 31.2 Å². The van der Waals surface area contributed by atoms with Gasteiger partial charge in [-0.1, -0.05) is 41.6 Å². The van der Waals surface area contributed by atoms with Crippen molar-refractivity contribution in [2.75, 3.05) is 5.75 Å². The van der Waals surface area contributed by atoms with Gasteiger partial charge in [0, 0.05) is 11.6 Å². The molecular formula is C24H20N4O4S. The highest BCUT2D eigenvalue weighted by atomic mass is 32.2. The monoisotopic (exact) mass is 460 g/mol. The van der Waals surface area contributed by atoms with E-state index in [1.165, 1.54) is 29.0 Å². The molecule has 0 spiro atoms. The number of carbonyl (C=O) groups is 1. The first-order chi connectivity index (χ1) is 15.9. The summed E-state index contributed by atoms with van der Waals surface area (Å²) in [6, 6.07) is 18.6. The lowest BCUT2D eigenvalue weighted by Crippen LogP contribution is -2.24. The molecule has 8 nitrogen and oxygen atoms in total. The van der Waals surface area contributed by atoms with Crippen LogP contribution in [0.15, 0.2) is 81.8 Å². The lowest BCUT2D eigenvalue weighted by molar-refractivity contribution is -0.118. The molecule has 3 aromatic carbocycles. The van der Waals surface area contributed by atoms with Crippen LogP contribution in [-0.2, 0) is 4.79 Å². The minimum absolute atomic E-state index is 0.0322. The number of hydrogen-bond donors (Lipinski definition) is 3. The number of para-hydroxylation sites is 1. The molecule has 166 valence electrons. The number of aromatic nitrogens is 2. The second-order valence-corrected chi connectivity index (χ2v) is 8.16. The summed E-state index contributed by atoms with van der Waals surface area (Å²) in [5.74, 6) is -0.681. The van der Waals surface area contributed by atoms with Gasteiger partial charge in [0.05, 0.1) is 28.6 Å². The van der Waals surface area contributed by atoms with E-state index in [2.05, 4.69) is 15.5 Å². The van der Waals surface area contributed by atoms with E-state index in [0.29, 0.717) is 27.3 Å². The van der Waals surface area contributed by atoms with Crippen molar-refractivity contribution in [3.05, 3.63) is 88.2 Å². The number of nitrogens with one attached hydrogen (secondary N) is 1. The summed E-state index contributed by atoms with van der Waals surface area (Å²) in [4.78, 5) is 30.1. The summed E-state index contributed by atoms with van der Waals surface area (Å²) >= 11 is 1.12. The van der Waals surface area contributed by atoms with Crippen molar-refractivity contribution in [3.63, 3.8) is 0 Å². The van der Waals surface area contributed by atoms with Gasteiger partial charge in [0.15, 0.2) is 5.16 Å². The highest BCUT2D eigenvalue weighted by Crippen LogP contribution is 2.22. The number of fused-ring (bicyclic) bond motifs is 1. The van der Waals surface area contributed by atoms with E-state index in [0.717, 1.165) is 17.3 Å². The summed E-state index contributed by atoms with van der Waals surface area (Å²) in [7, 11) is 0. The van der Waals surface area contributed by atoms with E-state index < -0.39 is 5.91 Å². The SMILES string of the molecule is Cc1ccc(-n2c(SCC(=O)NN=Cc3ccc(O)cc3O)nc3ccccc3c2=O)cc1. The molecule has 3 N–H and O–H groups in total. The molecule has 0 fully saturated rings. The van der Waals surface area contributed by atoms with Crippen LogP contribution in [0, 0.1) is 6.92 Å². The molecule has 0 saturated heterocycles. The first kappa shape index (κ1) is 22.1. The van der Waals surface area contributed by atoms with Crippen LogP contribution in [0.25, 0.3) is 16.6 Å². The van der Waals surface area contributed by atoms with Crippen molar-refractivity contribution in [1.82, 2.24) is 15.0 Å². The molecule has 0 radical (unpaired) electrons. The standard InChI is InChI=1S/C24H20N4O4S/c1-15-6-9-17(10-7-15)28-23(32)19-4-2-3-5-20(19)26-24(28)33-14-22(31)27-25-13-16-8-11-18(29)12-21(16)30/h2-13,29-30H,14H2,1H3,(H,27,31). The van der Waals surface area contributed by atoms with E-state index in [-0.39, 0.29) is 22.8 Å². The maximum atomic E-state index is 13.2. The number of rotatable bonds is 6. The van der Waals surface area contributed by atoms with Crippen LogP contribution in [-0.4, -0.2) is 37.6 Å². The maximum Gasteiger partial charge on any atom is 0.266 e. The van der Waals surface area contributed by atoms with E-state index >= 15 is 0 Å². The van der Waals surface area contributed by atoms with Crippen molar-refractivity contribution >= 4 is 34.8 Å². The Morgan fingerprint density at radius 2 is 1.88 bits per heavy atom. The number of amides is 1. The van der Waals surface area contributed by atoms with Gasteiger partial charge in [-0.3, -0.25) is 14.2 Å². The molecule has 9 heteroatoms. The fourth-order valence-electron chi connectivity index (χ4n) is 3.11. The number of benzene rings is 3. The van der Waals surface area contributed by atoms with Crippen molar-refractivity contribution in [2.24, 2.45) is 5.10 Å². The highest BCUT2D eigenvalue weighted by molar-refractivity contribution is 7.99. The predicted octanol–water partition coefficient (Wildman–Crippen LogP) is 3.35. The zero-order valence-electron chi connectivity index (χ0n) is 17.6. The summed E-state index contributed by atoms with van der Waals surface area (Å²) in [5.41, 5.74) is 4.78. The number of hydrogen-bond acceptors (Lipinski definition) is 7. The molecule has 1 heterocycles. The Balaban J connectivity index is 1.55. The number of phenolic OH excluding ortho intramolecular Hbond substituents is 2. The lowest BCUT2D eigenvalue weighted by Gasteiger charge is -2.13. The molecule has 4 rings (SSSR count). The summed E-state index contributed by atoms with van der Waals surface area (Å²) in [5, 5.41) is 23.8. The quantitative estimate of drug-likeness (QED) is 0.176. The van der Waals surface area contributed by atoms with Crippen molar-refractivity contribution in [1.29, 1.82) is 0 Å². The van der Waals surface area contributed by atoms with Crippen LogP contribution in [0.5, 0.6) is 11.5 Å². The fourth-order valence-corrected chi connectivity index (χ4v) is 3.91. The summed E-state index contributed by atoms with van der Waals surface area (Å²) < 4.78 is 1.50. The van der Waals surface area contributed by atoms with Gasteiger partial charge >= 0.3 is 0 Å². The molecule has 1 aromatic heterocycles. The summed E-state index contributed by atoms with van der Waals surface area (Å²) in [6.07, 6.45) is 1.27. The first-order valence-corrected chi connectivity index (χ1v) is 11.0. The van der Waals surface area contributed by atoms with Crippen molar-refractivity contribution in [2.45, 2.75) is 12.1 Å². The summed E-state index contributed by atoms with van der Waals surface area (Å²) in [6.45, 7) is 1.96. The maximum absolute atomic E-state index is 13.2. The molecule has 4 aromatic rings. The van der Waals surface area contributed by atoms with Gasteiger partial charge in [-0.05, 0) is 43.3 Å². The Morgan fingerprint density at radius 3 is 2.64 bits per heavy atom. The average molecular weight is 461 g/mol. The Kier molecular flexibility index (Phi) is 6.41. The van der Waals surface area contributed by atoms with Gasteiger partial charge in [0.2, 0.25) is 0 Å². The van der Waals surface area contributed by atoms with Crippen molar-refractivity contribution in [3.8, 4) is 17.2 Å². The molecule has 0 aliphatic heterocycles. The van der Waals surface area contributed by atoms with Crippen molar-refractivity contribution < 1.29 is 15.0 Å². The molecule has 0 unspecified atom stereocenters. The van der Waals surface area contributed by atoms with E-state index in [4.69, 9.17) is 0 Å². The van der Waals surface area contributed by atoms with Crippen LogP contribution in [0.2, 0.25) is 0 Å². The Labute approximate surface area is 193 Å². The third-order valence-corrected chi connectivity index (χ3v) is 5.71. The highest BCUT2D eigenvalue weighted by Gasteiger charge is 2.14. The van der Waals surface area contributed by atoms with Gasteiger partial charge in [-0.25, -0.2) is 10.4 Å². The number of aromatic hydroxyl groups is 2. The third kappa shape index (κ3) is 5.04. The van der Waals surface area contributed by atoms with E-state index in [9.17, 15) is 19.8 Å². The van der Waals surface area contributed by atoms with E-state index in [1.54, 1.807) is 24.3 Å². The van der Waals surface area contributed by atoms with Crippen LogP contribution >= 0.6 is 11.8 Å². The molecular weight excluding hydrogens is 440 g/mol. The van der Waals surface area contributed by atoms with Crippen LogP contribution in [0.4, 0.5) is 0 Å². The second kappa shape index (κ2) is 9.58. The number of aryl methyl sites for hydroxylation is 1. The smallest absolute Gasteiger partial charge is 0.266 e. The lowest BCUT2D eigenvalue weighted by atomic mass is 10.2. The van der Waals surface area contributed by atoms with Crippen LogP contribution in [0.1, 0.15) is 11.1 Å². The molecule has 1 amide bonds. The number of nitrogens with zero attached hydrogens (tertiary/aromatic N) is 3. The Morgan fingerprint density at radius 1 is 1.12 bits per heavy atom. The second-order valence-electron chi connectivity index (χ2n) is 7.21. The molecule has 0 bridgehead atoms. The topological polar surface area (TPSA) is 117 Å². The number of thioether (sulfide) groups is 1. The number of carbonyl (C=O) groups excluding carboxylic acids is 1.